The Bertz CT molecular complexity index is 690. The normalized spacial score (nSPS) is 15.7. The molecule has 1 amide bonds. The van der Waals surface area contributed by atoms with Gasteiger partial charge in [0.1, 0.15) is 0 Å². The van der Waals surface area contributed by atoms with E-state index in [0.717, 1.165) is 43.7 Å². The predicted molar refractivity (Wildman–Crippen MR) is 91.5 cm³/mol. The molecule has 0 spiro atoms. The number of benzene rings is 1. The summed E-state index contributed by atoms with van der Waals surface area (Å²) in [6.07, 6.45) is 1.91. The van der Waals surface area contributed by atoms with Crippen LogP contribution in [0.3, 0.4) is 0 Å². The molecule has 0 atom stereocenters. The SMILES string of the molecule is Cc1ccccc1-c1noc(CCCC(=O)N2CCN(C)CC2)n1. The number of nitrogens with zero attached hydrogens (tertiary/aromatic N) is 4. The number of rotatable bonds is 5. The molecule has 1 aromatic carbocycles. The molecule has 6 heteroatoms. The van der Waals surface area contributed by atoms with Gasteiger partial charge in [0, 0.05) is 44.6 Å². The first-order chi connectivity index (χ1) is 11.6. The van der Waals surface area contributed by atoms with Gasteiger partial charge in [-0.3, -0.25) is 4.79 Å². The second-order valence-electron chi connectivity index (χ2n) is 6.36. The van der Waals surface area contributed by atoms with Crippen LogP contribution in [0.1, 0.15) is 24.3 Å². The van der Waals surface area contributed by atoms with Crippen molar-refractivity contribution in [3.63, 3.8) is 0 Å². The Morgan fingerprint density at radius 1 is 1.21 bits per heavy atom. The van der Waals surface area contributed by atoms with Crippen molar-refractivity contribution in [3.05, 3.63) is 35.7 Å². The van der Waals surface area contributed by atoms with E-state index in [2.05, 4.69) is 22.1 Å². The lowest BCUT2D eigenvalue weighted by atomic mass is 10.1. The van der Waals surface area contributed by atoms with E-state index in [1.165, 1.54) is 0 Å². The van der Waals surface area contributed by atoms with E-state index in [4.69, 9.17) is 4.52 Å². The largest absolute Gasteiger partial charge is 0.340 e. The zero-order valence-electron chi connectivity index (χ0n) is 14.4. The molecule has 1 saturated heterocycles. The lowest BCUT2D eigenvalue weighted by Gasteiger charge is -2.32. The van der Waals surface area contributed by atoms with Crippen molar-refractivity contribution in [2.24, 2.45) is 0 Å². The lowest BCUT2D eigenvalue weighted by Crippen LogP contribution is -2.47. The van der Waals surface area contributed by atoms with Crippen LogP contribution in [0.2, 0.25) is 0 Å². The number of amides is 1. The fourth-order valence-corrected chi connectivity index (χ4v) is 2.89. The minimum atomic E-state index is 0.224. The molecule has 24 heavy (non-hydrogen) atoms. The molecule has 6 nitrogen and oxygen atoms in total. The Labute approximate surface area is 142 Å². The molecule has 128 valence electrons. The van der Waals surface area contributed by atoms with Gasteiger partial charge in [-0.2, -0.15) is 4.98 Å². The molecule has 1 aliphatic heterocycles. The average Bonchev–Trinajstić information content (AvgIpc) is 3.04. The number of piperazine rings is 1. The molecule has 0 radical (unpaired) electrons. The number of carbonyl (C=O) groups excluding carboxylic acids is 1. The summed E-state index contributed by atoms with van der Waals surface area (Å²) in [5, 5.41) is 4.06. The summed E-state index contributed by atoms with van der Waals surface area (Å²) in [5.41, 5.74) is 2.11. The summed E-state index contributed by atoms with van der Waals surface area (Å²) >= 11 is 0. The third-order valence-electron chi connectivity index (χ3n) is 4.49. The van der Waals surface area contributed by atoms with Gasteiger partial charge < -0.3 is 14.3 Å². The second kappa shape index (κ2) is 7.57. The monoisotopic (exact) mass is 328 g/mol. The molecule has 1 fully saturated rings. The van der Waals surface area contributed by atoms with Crippen LogP contribution < -0.4 is 0 Å². The first-order valence-electron chi connectivity index (χ1n) is 8.48. The highest BCUT2D eigenvalue weighted by atomic mass is 16.5. The molecule has 3 rings (SSSR count). The van der Waals surface area contributed by atoms with Crippen LogP contribution in [0.4, 0.5) is 0 Å². The van der Waals surface area contributed by atoms with Crippen molar-refractivity contribution >= 4 is 5.91 Å². The number of likely N-dealkylation sites (N-methyl/N-ethyl adjacent to an activating group) is 1. The summed E-state index contributed by atoms with van der Waals surface area (Å²) in [6.45, 7) is 5.59. The van der Waals surface area contributed by atoms with Crippen molar-refractivity contribution in [3.8, 4) is 11.4 Å². The Morgan fingerprint density at radius 2 is 1.96 bits per heavy atom. The van der Waals surface area contributed by atoms with Gasteiger partial charge in [-0.25, -0.2) is 0 Å². The van der Waals surface area contributed by atoms with Crippen molar-refractivity contribution in [1.82, 2.24) is 19.9 Å². The second-order valence-corrected chi connectivity index (χ2v) is 6.36. The van der Waals surface area contributed by atoms with E-state index < -0.39 is 0 Å². The number of aromatic nitrogens is 2. The quantitative estimate of drug-likeness (QED) is 0.841. The fourth-order valence-electron chi connectivity index (χ4n) is 2.89. The van der Waals surface area contributed by atoms with E-state index in [1.54, 1.807) is 0 Å². The zero-order chi connectivity index (χ0) is 16.9. The van der Waals surface area contributed by atoms with E-state index in [0.29, 0.717) is 24.6 Å². The highest BCUT2D eigenvalue weighted by Crippen LogP contribution is 2.20. The van der Waals surface area contributed by atoms with Crippen LogP contribution in [-0.4, -0.2) is 59.1 Å². The molecular formula is C18H24N4O2. The van der Waals surface area contributed by atoms with Crippen molar-refractivity contribution < 1.29 is 9.32 Å². The summed E-state index contributed by atoms with van der Waals surface area (Å²) < 4.78 is 5.32. The number of aryl methyl sites for hydroxylation is 2. The third kappa shape index (κ3) is 4.00. The van der Waals surface area contributed by atoms with Crippen LogP contribution in [0, 0.1) is 6.92 Å². The number of carbonyl (C=O) groups is 1. The summed E-state index contributed by atoms with van der Waals surface area (Å²) in [7, 11) is 2.09. The van der Waals surface area contributed by atoms with Gasteiger partial charge in [0.2, 0.25) is 17.6 Å². The van der Waals surface area contributed by atoms with Crippen molar-refractivity contribution in [2.45, 2.75) is 26.2 Å². The van der Waals surface area contributed by atoms with Gasteiger partial charge in [-0.1, -0.05) is 29.4 Å². The minimum absolute atomic E-state index is 0.224. The maximum atomic E-state index is 12.2. The summed E-state index contributed by atoms with van der Waals surface area (Å²) in [5.74, 6) is 1.44. The van der Waals surface area contributed by atoms with Crippen LogP contribution in [0.25, 0.3) is 11.4 Å². The zero-order valence-corrected chi connectivity index (χ0v) is 14.4. The van der Waals surface area contributed by atoms with E-state index >= 15 is 0 Å². The Balaban J connectivity index is 1.49. The van der Waals surface area contributed by atoms with Gasteiger partial charge >= 0.3 is 0 Å². The van der Waals surface area contributed by atoms with Crippen LogP contribution in [-0.2, 0) is 11.2 Å². The van der Waals surface area contributed by atoms with Crippen LogP contribution >= 0.6 is 0 Å². The topological polar surface area (TPSA) is 62.5 Å². The van der Waals surface area contributed by atoms with Gasteiger partial charge in [-0.05, 0) is 26.0 Å². The van der Waals surface area contributed by atoms with E-state index in [-0.39, 0.29) is 5.91 Å². The van der Waals surface area contributed by atoms with Gasteiger partial charge in [-0.15, -0.1) is 0 Å². The highest BCUT2D eigenvalue weighted by molar-refractivity contribution is 5.76. The number of hydrogen-bond donors (Lipinski definition) is 0. The molecule has 0 bridgehead atoms. The molecule has 2 heterocycles. The Morgan fingerprint density at radius 3 is 2.71 bits per heavy atom. The van der Waals surface area contributed by atoms with Gasteiger partial charge in [0.15, 0.2) is 0 Å². The third-order valence-corrected chi connectivity index (χ3v) is 4.49. The molecule has 0 N–H and O–H groups in total. The summed E-state index contributed by atoms with van der Waals surface area (Å²) in [4.78, 5) is 20.9. The standard InChI is InChI=1S/C18H24N4O2/c1-14-6-3-4-7-15(14)18-19-16(24-20-18)8-5-9-17(23)22-12-10-21(2)11-13-22/h3-4,6-7H,5,8-13H2,1-2H3. The van der Waals surface area contributed by atoms with E-state index in [1.807, 2.05) is 36.1 Å². The number of hydrogen-bond acceptors (Lipinski definition) is 5. The first kappa shape index (κ1) is 16.6. The van der Waals surface area contributed by atoms with Crippen molar-refractivity contribution in [1.29, 1.82) is 0 Å². The van der Waals surface area contributed by atoms with E-state index in [9.17, 15) is 4.79 Å². The highest BCUT2D eigenvalue weighted by Gasteiger charge is 2.19. The Kier molecular flexibility index (Phi) is 5.25. The minimum Gasteiger partial charge on any atom is -0.340 e. The fraction of sp³-hybridized carbons (Fsp3) is 0.500. The Hall–Kier alpha value is -2.21. The van der Waals surface area contributed by atoms with Gasteiger partial charge in [0.25, 0.3) is 0 Å². The maximum Gasteiger partial charge on any atom is 0.226 e. The molecule has 1 aromatic heterocycles. The lowest BCUT2D eigenvalue weighted by molar-refractivity contribution is -0.132. The molecular weight excluding hydrogens is 304 g/mol. The maximum absolute atomic E-state index is 12.2. The smallest absolute Gasteiger partial charge is 0.226 e. The predicted octanol–water partition coefficient (Wildman–Crippen LogP) is 2.14. The van der Waals surface area contributed by atoms with Crippen LogP contribution in [0.5, 0.6) is 0 Å². The molecule has 1 aliphatic rings. The van der Waals surface area contributed by atoms with Crippen molar-refractivity contribution in [2.75, 3.05) is 33.2 Å². The van der Waals surface area contributed by atoms with Crippen LogP contribution in [0.15, 0.2) is 28.8 Å². The van der Waals surface area contributed by atoms with Gasteiger partial charge in [0.05, 0.1) is 0 Å². The first-order valence-corrected chi connectivity index (χ1v) is 8.48. The average molecular weight is 328 g/mol. The molecule has 0 unspecified atom stereocenters. The summed E-state index contributed by atoms with van der Waals surface area (Å²) in [6, 6.07) is 7.97. The molecule has 0 saturated carbocycles. The molecule has 2 aromatic rings. The molecule has 0 aliphatic carbocycles.